The van der Waals surface area contributed by atoms with Gasteiger partial charge in [0.1, 0.15) is 5.82 Å². The number of rotatable bonds is 5. The minimum Gasteiger partial charge on any atom is -0.355 e. The maximum atomic E-state index is 13.8. The number of hydrogen-bond acceptors (Lipinski definition) is 2. The van der Waals surface area contributed by atoms with Crippen LogP contribution in [0.15, 0.2) is 24.3 Å². The van der Waals surface area contributed by atoms with Crippen molar-refractivity contribution in [2.24, 2.45) is 5.92 Å². The van der Waals surface area contributed by atoms with E-state index in [2.05, 4.69) is 10.6 Å². The first kappa shape index (κ1) is 17.9. The molecular weight excluding hydrogens is 291 g/mol. The van der Waals surface area contributed by atoms with Crippen LogP contribution < -0.4 is 10.6 Å². The molecule has 2 N–H and O–H groups in total. The van der Waals surface area contributed by atoms with Gasteiger partial charge in [-0.15, -0.1) is 12.4 Å². The van der Waals surface area contributed by atoms with Crippen LogP contribution in [0.4, 0.5) is 4.39 Å². The Morgan fingerprint density at radius 1 is 1.43 bits per heavy atom. The summed E-state index contributed by atoms with van der Waals surface area (Å²) in [6.07, 6.45) is 2.15. The predicted octanol–water partition coefficient (Wildman–Crippen LogP) is 2.64. The van der Waals surface area contributed by atoms with Crippen molar-refractivity contribution in [1.82, 2.24) is 10.6 Å². The Morgan fingerprint density at radius 3 is 2.76 bits per heavy atom. The molecular formula is C16H24ClFN2O. The molecule has 0 bridgehead atoms. The average molecular weight is 315 g/mol. The molecule has 1 aromatic rings. The summed E-state index contributed by atoms with van der Waals surface area (Å²) >= 11 is 0. The Bertz CT molecular complexity index is 473. The van der Waals surface area contributed by atoms with Crippen molar-refractivity contribution in [2.75, 3.05) is 19.6 Å². The van der Waals surface area contributed by atoms with Crippen LogP contribution in [0.1, 0.15) is 32.3 Å². The first-order valence-corrected chi connectivity index (χ1v) is 7.26. The normalized spacial score (nSPS) is 18.1. The van der Waals surface area contributed by atoms with Crippen molar-refractivity contribution >= 4 is 18.3 Å². The summed E-state index contributed by atoms with van der Waals surface area (Å²) in [7, 11) is 0. The summed E-state index contributed by atoms with van der Waals surface area (Å²) < 4.78 is 13.8. The molecule has 5 heteroatoms. The van der Waals surface area contributed by atoms with Crippen LogP contribution in [-0.4, -0.2) is 25.5 Å². The Morgan fingerprint density at radius 2 is 2.14 bits per heavy atom. The van der Waals surface area contributed by atoms with Crippen molar-refractivity contribution in [2.45, 2.75) is 32.1 Å². The lowest BCUT2D eigenvalue weighted by atomic mass is 9.83. The van der Waals surface area contributed by atoms with Gasteiger partial charge in [-0.1, -0.05) is 18.2 Å². The van der Waals surface area contributed by atoms with Crippen LogP contribution in [0.5, 0.6) is 0 Å². The topological polar surface area (TPSA) is 41.1 Å². The SMILES string of the molecule is CC(C)(C(=O)NCCC1CCNC1)c1ccccc1F.Cl. The standard InChI is InChI=1S/C16H23FN2O.ClH/c1-16(2,13-5-3-4-6-14(13)17)15(20)19-10-8-12-7-9-18-11-12;/h3-6,12,18H,7-11H2,1-2H3,(H,19,20);1H. The Balaban J connectivity index is 0.00000220. The van der Waals surface area contributed by atoms with Gasteiger partial charge in [-0.25, -0.2) is 4.39 Å². The van der Waals surface area contributed by atoms with Gasteiger partial charge in [-0.05, 0) is 51.8 Å². The van der Waals surface area contributed by atoms with Gasteiger partial charge in [0.05, 0.1) is 5.41 Å². The zero-order valence-corrected chi connectivity index (χ0v) is 13.4. The van der Waals surface area contributed by atoms with Gasteiger partial charge in [0, 0.05) is 12.1 Å². The van der Waals surface area contributed by atoms with Gasteiger partial charge in [0.15, 0.2) is 0 Å². The third kappa shape index (κ3) is 4.42. The molecule has 0 spiro atoms. The lowest BCUT2D eigenvalue weighted by molar-refractivity contribution is -0.125. The van der Waals surface area contributed by atoms with Crippen LogP contribution in [0.25, 0.3) is 0 Å². The maximum absolute atomic E-state index is 13.8. The second kappa shape index (κ2) is 7.76. The van der Waals surface area contributed by atoms with E-state index in [4.69, 9.17) is 0 Å². The average Bonchev–Trinajstić information content (AvgIpc) is 2.92. The summed E-state index contributed by atoms with van der Waals surface area (Å²) in [6.45, 7) is 6.28. The van der Waals surface area contributed by atoms with Crippen LogP contribution in [0.2, 0.25) is 0 Å². The van der Waals surface area contributed by atoms with Crippen LogP contribution in [0, 0.1) is 11.7 Å². The summed E-state index contributed by atoms with van der Waals surface area (Å²) in [6, 6.07) is 6.47. The van der Waals surface area contributed by atoms with E-state index in [1.54, 1.807) is 32.0 Å². The van der Waals surface area contributed by atoms with Gasteiger partial charge in [0.2, 0.25) is 5.91 Å². The molecule has 1 aliphatic heterocycles. The quantitative estimate of drug-likeness (QED) is 0.877. The molecule has 1 aliphatic rings. The van der Waals surface area contributed by atoms with E-state index in [1.807, 2.05) is 0 Å². The van der Waals surface area contributed by atoms with Crippen LogP contribution in [0.3, 0.4) is 0 Å². The van der Waals surface area contributed by atoms with Crippen molar-refractivity contribution in [1.29, 1.82) is 0 Å². The first-order chi connectivity index (χ1) is 9.51. The molecule has 1 fully saturated rings. The van der Waals surface area contributed by atoms with Crippen LogP contribution >= 0.6 is 12.4 Å². The van der Waals surface area contributed by atoms with Gasteiger partial charge in [0.25, 0.3) is 0 Å². The summed E-state index contributed by atoms with van der Waals surface area (Å²) in [4.78, 5) is 12.3. The first-order valence-electron chi connectivity index (χ1n) is 7.26. The molecule has 1 aromatic carbocycles. The fourth-order valence-corrected chi connectivity index (χ4v) is 2.66. The Labute approximate surface area is 132 Å². The second-order valence-electron chi connectivity index (χ2n) is 6.01. The van der Waals surface area contributed by atoms with Crippen LogP contribution in [-0.2, 0) is 10.2 Å². The molecule has 118 valence electrons. The highest BCUT2D eigenvalue weighted by molar-refractivity contribution is 5.87. The van der Waals surface area contributed by atoms with Gasteiger partial charge in [-0.2, -0.15) is 0 Å². The Kier molecular flexibility index (Phi) is 6.62. The number of nitrogens with one attached hydrogen (secondary N) is 2. The number of halogens is 2. The smallest absolute Gasteiger partial charge is 0.230 e. The molecule has 1 atom stereocenters. The van der Waals surface area contributed by atoms with E-state index < -0.39 is 5.41 Å². The van der Waals surface area contributed by atoms with Gasteiger partial charge >= 0.3 is 0 Å². The zero-order chi connectivity index (χ0) is 14.6. The van der Waals surface area contributed by atoms with Crippen molar-refractivity contribution < 1.29 is 9.18 Å². The number of carbonyl (C=O) groups is 1. The molecule has 1 unspecified atom stereocenters. The molecule has 21 heavy (non-hydrogen) atoms. The molecule has 1 heterocycles. The summed E-state index contributed by atoms with van der Waals surface area (Å²) in [5.41, 5.74) is -0.403. The molecule has 0 radical (unpaired) electrons. The van der Waals surface area contributed by atoms with E-state index in [9.17, 15) is 9.18 Å². The molecule has 0 saturated carbocycles. The molecule has 0 aliphatic carbocycles. The fourth-order valence-electron chi connectivity index (χ4n) is 2.66. The third-order valence-corrected chi connectivity index (χ3v) is 4.12. The van der Waals surface area contributed by atoms with Crippen molar-refractivity contribution in [3.05, 3.63) is 35.6 Å². The maximum Gasteiger partial charge on any atom is 0.230 e. The zero-order valence-electron chi connectivity index (χ0n) is 12.6. The number of benzene rings is 1. The fraction of sp³-hybridized carbons (Fsp3) is 0.562. The number of hydrogen-bond donors (Lipinski definition) is 2. The predicted molar refractivity (Wildman–Crippen MR) is 85.3 cm³/mol. The van der Waals surface area contributed by atoms with E-state index >= 15 is 0 Å². The van der Waals surface area contributed by atoms with E-state index in [-0.39, 0.29) is 24.1 Å². The van der Waals surface area contributed by atoms with Crippen molar-refractivity contribution in [3.8, 4) is 0 Å². The Hall–Kier alpha value is -1.13. The van der Waals surface area contributed by atoms with E-state index in [1.165, 1.54) is 12.5 Å². The number of amides is 1. The monoisotopic (exact) mass is 314 g/mol. The molecule has 1 saturated heterocycles. The number of carbonyl (C=O) groups excluding carboxylic acids is 1. The highest BCUT2D eigenvalue weighted by Crippen LogP contribution is 2.25. The van der Waals surface area contributed by atoms with E-state index in [0.29, 0.717) is 18.0 Å². The van der Waals surface area contributed by atoms with E-state index in [0.717, 1.165) is 19.5 Å². The molecule has 0 aromatic heterocycles. The van der Waals surface area contributed by atoms with Crippen molar-refractivity contribution in [3.63, 3.8) is 0 Å². The molecule has 1 amide bonds. The third-order valence-electron chi connectivity index (χ3n) is 4.12. The van der Waals surface area contributed by atoms with Gasteiger partial charge < -0.3 is 10.6 Å². The molecule has 2 rings (SSSR count). The molecule has 3 nitrogen and oxygen atoms in total. The highest BCUT2D eigenvalue weighted by atomic mass is 35.5. The minimum absolute atomic E-state index is 0. The largest absolute Gasteiger partial charge is 0.355 e. The summed E-state index contributed by atoms with van der Waals surface area (Å²) in [5, 5.41) is 6.25. The second-order valence-corrected chi connectivity index (χ2v) is 6.01. The highest BCUT2D eigenvalue weighted by Gasteiger charge is 2.32. The minimum atomic E-state index is -0.848. The summed E-state index contributed by atoms with van der Waals surface area (Å²) in [5.74, 6) is 0.202. The van der Waals surface area contributed by atoms with Gasteiger partial charge in [-0.3, -0.25) is 4.79 Å². The lowest BCUT2D eigenvalue weighted by Crippen LogP contribution is -2.41. The lowest BCUT2D eigenvalue weighted by Gasteiger charge is -2.25.